The number of carbonyl (C=O) groups excluding carboxylic acids is 1. The van der Waals surface area contributed by atoms with E-state index in [1.54, 1.807) is 0 Å². The smallest absolute Gasteiger partial charge is 0.227 e. The fourth-order valence-electron chi connectivity index (χ4n) is 3.95. The van der Waals surface area contributed by atoms with E-state index < -0.39 is 0 Å². The van der Waals surface area contributed by atoms with Gasteiger partial charge in [-0.25, -0.2) is 0 Å². The fraction of sp³-hybridized carbons (Fsp3) is 0.923. The second kappa shape index (κ2) is 4.47. The van der Waals surface area contributed by atoms with Gasteiger partial charge in [0.2, 0.25) is 5.91 Å². The molecule has 0 aromatic carbocycles. The maximum atomic E-state index is 12.6. The lowest BCUT2D eigenvalue weighted by atomic mass is 9.83. The van der Waals surface area contributed by atoms with E-state index in [-0.39, 0.29) is 12.0 Å². The first-order valence-electron chi connectivity index (χ1n) is 6.82. The molecule has 1 amide bonds. The van der Waals surface area contributed by atoms with Gasteiger partial charge in [-0.3, -0.25) is 4.79 Å². The SMILES string of the molecule is CC1CSCCN1C(=O)C1C2CCC(C2)C1N. The molecule has 1 saturated heterocycles. The summed E-state index contributed by atoms with van der Waals surface area (Å²) >= 11 is 1.96. The van der Waals surface area contributed by atoms with Gasteiger partial charge in [-0.1, -0.05) is 0 Å². The molecule has 0 spiro atoms. The van der Waals surface area contributed by atoms with Crippen LogP contribution in [-0.4, -0.2) is 40.9 Å². The van der Waals surface area contributed by atoms with Crippen molar-refractivity contribution in [2.24, 2.45) is 23.5 Å². The van der Waals surface area contributed by atoms with Gasteiger partial charge in [-0.05, 0) is 38.0 Å². The first-order chi connectivity index (χ1) is 8.18. The van der Waals surface area contributed by atoms with Crippen molar-refractivity contribution >= 4 is 17.7 Å². The Morgan fingerprint density at radius 3 is 2.76 bits per heavy atom. The van der Waals surface area contributed by atoms with E-state index >= 15 is 0 Å². The molecule has 3 nitrogen and oxygen atoms in total. The standard InChI is InChI=1S/C13H22N2OS/c1-8-7-17-5-4-15(8)13(16)11-9-2-3-10(6-9)12(11)14/h8-12H,2-7,14H2,1H3. The van der Waals surface area contributed by atoms with Crippen LogP contribution < -0.4 is 5.73 Å². The van der Waals surface area contributed by atoms with Crippen molar-refractivity contribution in [2.75, 3.05) is 18.1 Å². The summed E-state index contributed by atoms with van der Waals surface area (Å²) in [4.78, 5) is 14.7. The highest BCUT2D eigenvalue weighted by atomic mass is 32.2. The lowest BCUT2D eigenvalue weighted by Crippen LogP contribution is -2.52. The summed E-state index contributed by atoms with van der Waals surface area (Å²) in [7, 11) is 0. The number of amides is 1. The highest BCUT2D eigenvalue weighted by molar-refractivity contribution is 7.99. The van der Waals surface area contributed by atoms with Gasteiger partial charge < -0.3 is 10.6 Å². The summed E-state index contributed by atoms with van der Waals surface area (Å²) in [6.07, 6.45) is 3.68. The largest absolute Gasteiger partial charge is 0.338 e. The molecule has 2 aliphatic carbocycles. The molecule has 0 aromatic rings. The van der Waals surface area contributed by atoms with Gasteiger partial charge >= 0.3 is 0 Å². The second-order valence-corrected chi connectivity index (χ2v) is 7.04. The van der Waals surface area contributed by atoms with E-state index in [0.29, 0.717) is 23.8 Å². The molecule has 2 N–H and O–H groups in total. The van der Waals surface area contributed by atoms with Gasteiger partial charge in [0.15, 0.2) is 0 Å². The van der Waals surface area contributed by atoms with Crippen LogP contribution in [0.15, 0.2) is 0 Å². The van der Waals surface area contributed by atoms with Gasteiger partial charge in [0.25, 0.3) is 0 Å². The van der Waals surface area contributed by atoms with Gasteiger partial charge in [0.05, 0.1) is 5.92 Å². The zero-order chi connectivity index (χ0) is 12.0. The zero-order valence-electron chi connectivity index (χ0n) is 10.5. The van der Waals surface area contributed by atoms with Crippen LogP contribution in [0.1, 0.15) is 26.2 Å². The molecular weight excluding hydrogens is 232 g/mol. The van der Waals surface area contributed by atoms with Crippen LogP contribution in [-0.2, 0) is 4.79 Å². The first-order valence-corrected chi connectivity index (χ1v) is 7.97. The first kappa shape index (κ1) is 11.8. The maximum Gasteiger partial charge on any atom is 0.227 e. The van der Waals surface area contributed by atoms with Gasteiger partial charge in [0.1, 0.15) is 0 Å². The van der Waals surface area contributed by atoms with E-state index in [1.807, 2.05) is 11.8 Å². The van der Waals surface area contributed by atoms with E-state index in [4.69, 9.17) is 5.73 Å². The Labute approximate surface area is 107 Å². The molecule has 96 valence electrons. The third-order valence-electron chi connectivity index (χ3n) is 4.92. The van der Waals surface area contributed by atoms with Crippen molar-refractivity contribution in [3.63, 3.8) is 0 Å². The van der Waals surface area contributed by atoms with Crippen LogP contribution >= 0.6 is 11.8 Å². The van der Waals surface area contributed by atoms with Crippen LogP contribution in [0.5, 0.6) is 0 Å². The lowest BCUT2D eigenvalue weighted by molar-refractivity contribution is -0.139. The summed E-state index contributed by atoms with van der Waals surface area (Å²) < 4.78 is 0. The molecular formula is C13H22N2OS. The number of hydrogen-bond acceptors (Lipinski definition) is 3. The van der Waals surface area contributed by atoms with Crippen molar-refractivity contribution in [1.29, 1.82) is 0 Å². The Morgan fingerprint density at radius 1 is 1.35 bits per heavy atom. The van der Waals surface area contributed by atoms with E-state index in [1.165, 1.54) is 19.3 Å². The molecule has 3 fully saturated rings. The van der Waals surface area contributed by atoms with Crippen molar-refractivity contribution in [3.8, 4) is 0 Å². The molecule has 3 aliphatic rings. The number of hydrogen-bond donors (Lipinski definition) is 1. The minimum Gasteiger partial charge on any atom is -0.338 e. The van der Waals surface area contributed by atoms with Crippen LogP contribution in [0, 0.1) is 17.8 Å². The topological polar surface area (TPSA) is 46.3 Å². The Bertz CT molecular complexity index is 321. The minimum absolute atomic E-state index is 0.138. The Balaban J connectivity index is 1.73. The Morgan fingerprint density at radius 2 is 2.12 bits per heavy atom. The van der Waals surface area contributed by atoms with Gasteiger partial charge in [-0.15, -0.1) is 0 Å². The van der Waals surface area contributed by atoms with Crippen LogP contribution in [0.3, 0.4) is 0 Å². The average Bonchev–Trinajstić information content (AvgIpc) is 2.89. The normalized spacial score (nSPS) is 45.3. The number of thioether (sulfide) groups is 1. The summed E-state index contributed by atoms with van der Waals surface area (Å²) in [5, 5.41) is 0. The second-order valence-electron chi connectivity index (χ2n) is 5.89. The predicted molar refractivity (Wildman–Crippen MR) is 70.8 cm³/mol. The predicted octanol–water partition coefficient (Wildman–Crippen LogP) is 1.32. The number of rotatable bonds is 1. The maximum absolute atomic E-state index is 12.6. The van der Waals surface area contributed by atoms with Crippen LogP contribution in [0.4, 0.5) is 0 Å². The minimum atomic E-state index is 0.138. The van der Waals surface area contributed by atoms with Gasteiger partial charge in [-0.2, -0.15) is 11.8 Å². The molecule has 2 bridgehead atoms. The molecule has 17 heavy (non-hydrogen) atoms. The van der Waals surface area contributed by atoms with Crippen molar-refractivity contribution in [3.05, 3.63) is 0 Å². The monoisotopic (exact) mass is 254 g/mol. The molecule has 3 rings (SSSR count). The highest BCUT2D eigenvalue weighted by Gasteiger charge is 2.50. The fourth-order valence-corrected chi connectivity index (χ4v) is 4.96. The molecule has 2 saturated carbocycles. The molecule has 1 aliphatic heterocycles. The van der Waals surface area contributed by atoms with Crippen molar-refractivity contribution in [1.82, 2.24) is 4.90 Å². The molecule has 0 aromatic heterocycles. The third kappa shape index (κ3) is 1.89. The molecule has 1 heterocycles. The van der Waals surface area contributed by atoms with Crippen molar-refractivity contribution < 1.29 is 4.79 Å². The van der Waals surface area contributed by atoms with E-state index in [2.05, 4.69) is 11.8 Å². The molecule has 5 unspecified atom stereocenters. The lowest BCUT2D eigenvalue weighted by Gasteiger charge is -2.38. The summed E-state index contributed by atoms with van der Waals surface area (Å²) in [5.74, 6) is 3.89. The summed E-state index contributed by atoms with van der Waals surface area (Å²) in [5.41, 5.74) is 6.26. The average molecular weight is 254 g/mol. The Kier molecular flexibility index (Phi) is 3.11. The van der Waals surface area contributed by atoms with Crippen LogP contribution in [0.2, 0.25) is 0 Å². The quantitative estimate of drug-likeness (QED) is 0.768. The number of nitrogens with two attached hydrogens (primary N) is 1. The van der Waals surface area contributed by atoms with Crippen LogP contribution in [0.25, 0.3) is 0 Å². The zero-order valence-corrected chi connectivity index (χ0v) is 11.3. The summed E-state index contributed by atoms with van der Waals surface area (Å²) in [6, 6.07) is 0.538. The Hall–Kier alpha value is -0.220. The summed E-state index contributed by atoms with van der Waals surface area (Å²) in [6.45, 7) is 3.09. The van der Waals surface area contributed by atoms with Gasteiger partial charge in [0, 0.05) is 30.1 Å². The molecule has 5 atom stereocenters. The third-order valence-corrected chi connectivity index (χ3v) is 6.11. The molecule has 4 heteroatoms. The van der Waals surface area contributed by atoms with E-state index in [9.17, 15) is 4.79 Å². The molecule has 0 radical (unpaired) electrons. The van der Waals surface area contributed by atoms with Crippen molar-refractivity contribution in [2.45, 2.75) is 38.3 Å². The number of nitrogens with zero attached hydrogens (tertiary/aromatic N) is 1. The van der Waals surface area contributed by atoms with E-state index in [0.717, 1.165) is 18.1 Å². The highest BCUT2D eigenvalue weighted by Crippen LogP contribution is 2.48. The number of carbonyl (C=O) groups is 1. The number of fused-ring (bicyclic) bond motifs is 2.